The van der Waals surface area contributed by atoms with Crippen molar-refractivity contribution in [2.24, 2.45) is 0 Å². The highest BCUT2D eigenvalue weighted by Gasteiger charge is 2.12. The topological polar surface area (TPSA) is 95.2 Å². The van der Waals surface area contributed by atoms with Gasteiger partial charge >= 0.3 is 0 Å². The highest BCUT2D eigenvalue weighted by atomic mass is 79.9. The number of nitrogens with zero attached hydrogens (tertiary/aromatic N) is 2. The van der Waals surface area contributed by atoms with Gasteiger partial charge in [-0.15, -0.1) is 0 Å². The number of amides is 1. The number of hydrogen-bond acceptors (Lipinski definition) is 5. The molecule has 1 amide bonds. The van der Waals surface area contributed by atoms with Crippen LogP contribution in [-0.2, 0) is 11.3 Å². The Labute approximate surface area is 153 Å². The van der Waals surface area contributed by atoms with Crippen molar-refractivity contribution in [2.45, 2.75) is 13.5 Å². The molecule has 1 heterocycles. The highest BCUT2D eigenvalue weighted by molar-refractivity contribution is 9.10. The number of rotatable bonds is 6. The van der Waals surface area contributed by atoms with Crippen LogP contribution in [-0.4, -0.2) is 22.6 Å². The van der Waals surface area contributed by atoms with E-state index in [1.807, 2.05) is 12.1 Å². The van der Waals surface area contributed by atoms with E-state index >= 15 is 0 Å². The summed E-state index contributed by atoms with van der Waals surface area (Å²) in [5, 5.41) is 21.8. The normalized spacial score (nSPS) is 10.8. The van der Waals surface area contributed by atoms with Crippen LogP contribution in [0.3, 0.4) is 0 Å². The molecule has 0 aliphatic heterocycles. The van der Waals surface area contributed by atoms with Crippen molar-refractivity contribution in [2.75, 3.05) is 6.61 Å². The van der Waals surface area contributed by atoms with Gasteiger partial charge in [0.25, 0.3) is 5.91 Å². The number of aromatic nitrogens is 1. The Balaban J connectivity index is 2.20. The van der Waals surface area contributed by atoms with Gasteiger partial charge in [-0.2, -0.15) is 5.26 Å². The van der Waals surface area contributed by atoms with Crippen LogP contribution in [0.5, 0.6) is 11.5 Å². The fraction of sp³-hybridized carbons (Fsp3) is 0.167. The van der Waals surface area contributed by atoms with Gasteiger partial charge in [0, 0.05) is 23.4 Å². The zero-order chi connectivity index (χ0) is 18.2. The van der Waals surface area contributed by atoms with Crippen LogP contribution in [0.1, 0.15) is 18.1 Å². The zero-order valence-corrected chi connectivity index (χ0v) is 15.1. The van der Waals surface area contributed by atoms with Crippen molar-refractivity contribution >= 4 is 27.9 Å². The minimum Gasteiger partial charge on any atom is -0.504 e. The van der Waals surface area contributed by atoms with E-state index in [1.54, 1.807) is 31.5 Å². The van der Waals surface area contributed by atoms with E-state index in [1.165, 1.54) is 12.1 Å². The Hall–Kier alpha value is -2.85. The van der Waals surface area contributed by atoms with Gasteiger partial charge in [0.05, 0.1) is 6.61 Å². The minimum absolute atomic E-state index is 0.0228. The number of carbonyl (C=O) groups excluding carboxylic acids is 1. The second-order valence-electron chi connectivity index (χ2n) is 4.99. The second-order valence-corrected chi connectivity index (χ2v) is 5.84. The quantitative estimate of drug-likeness (QED) is 0.572. The fourth-order valence-electron chi connectivity index (χ4n) is 2.02. The molecule has 0 aliphatic rings. The Kier molecular flexibility index (Phi) is 6.54. The smallest absolute Gasteiger partial charge is 0.262 e. The lowest BCUT2D eigenvalue weighted by atomic mass is 10.1. The second kappa shape index (κ2) is 8.85. The number of benzene rings is 1. The third kappa shape index (κ3) is 5.06. The van der Waals surface area contributed by atoms with Gasteiger partial charge in [-0.25, -0.2) is 0 Å². The maximum Gasteiger partial charge on any atom is 0.262 e. The molecule has 2 N–H and O–H groups in total. The number of carbonyl (C=O) groups is 1. The number of hydrogen-bond donors (Lipinski definition) is 2. The zero-order valence-electron chi connectivity index (χ0n) is 13.5. The summed E-state index contributed by atoms with van der Waals surface area (Å²) in [7, 11) is 0. The number of nitrogens with one attached hydrogen (secondary N) is 1. The first-order chi connectivity index (χ1) is 12.0. The molecule has 0 atom stereocenters. The van der Waals surface area contributed by atoms with E-state index in [2.05, 4.69) is 26.2 Å². The van der Waals surface area contributed by atoms with Crippen LogP contribution in [0.4, 0.5) is 0 Å². The minimum atomic E-state index is -0.496. The SMILES string of the molecule is CCOc1cc(C=C(C#N)C(=O)NCc2cccnc2)c(Br)cc1O. The summed E-state index contributed by atoms with van der Waals surface area (Å²) in [6.45, 7) is 2.45. The monoisotopic (exact) mass is 401 g/mol. The summed E-state index contributed by atoms with van der Waals surface area (Å²) in [6, 6.07) is 8.51. The summed E-state index contributed by atoms with van der Waals surface area (Å²) < 4.78 is 5.87. The standard InChI is InChI=1S/C18H16BrN3O3/c1-2-25-17-7-13(15(19)8-16(17)23)6-14(9-20)18(24)22-11-12-4-3-5-21-10-12/h3-8,10,23H,2,11H2,1H3,(H,22,24). The van der Waals surface area contributed by atoms with Crippen molar-refractivity contribution < 1.29 is 14.6 Å². The fourth-order valence-corrected chi connectivity index (χ4v) is 2.47. The van der Waals surface area contributed by atoms with E-state index < -0.39 is 5.91 Å². The summed E-state index contributed by atoms with van der Waals surface area (Å²) in [5.74, 6) is -0.236. The van der Waals surface area contributed by atoms with E-state index in [0.717, 1.165) is 5.56 Å². The summed E-state index contributed by atoms with van der Waals surface area (Å²) in [5.41, 5.74) is 1.32. The molecule has 0 radical (unpaired) electrons. The molecule has 0 saturated carbocycles. The van der Waals surface area contributed by atoms with Crippen LogP contribution >= 0.6 is 15.9 Å². The van der Waals surface area contributed by atoms with E-state index in [4.69, 9.17) is 4.74 Å². The van der Waals surface area contributed by atoms with Gasteiger partial charge in [-0.1, -0.05) is 22.0 Å². The molecule has 128 valence electrons. The maximum absolute atomic E-state index is 12.2. The van der Waals surface area contributed by atoms with Crippen molar-refractivity contribution in [3.63, 3.8) is 0 Å². The molecule has 0 unspecified atom stereocenters. The van der Waals surface area contributed by atoms with E-state index in [-0.39, 0.29) is 23.6 Å². The highest BCUT2D eigenvalue weighted by Crippen LogP contribution is 2.33. The molecule has 0 bridgehead atoms. The largest absolute Gasteiger partial charge is 0.504 e. The molecule has 0 saturated heterocycles. The molecule has 7 heteroatoms. The lowest BCUT2D eigenvalue weighted by molar-refractivity contribution is -0.117. The van der Waals surface area contributed by atoms with Gasteiger partial charge in [-0.05, 0) is 42.3 Å². The molecule has 0 spiro atoms. The molecule has 1 aromatic carbocycles. The number of nitriles is 1. The predicted octanol–water partition coefficient (Wildman–Crippen LogP) is 3.17. The number of pyridine rings is 1. The number of phenols is 1. The van der Waals surface area contributed by atoms with Gasteiger partial charge in [-0.3, -0.25) is 9.78 Å². The Morgan fingerprint density at radius 2 is 2.32 bits per heavy atom. The molecular formula is C18H16BrN3O3. The number of phenolic OH excluding ortho intramolecular Hbond substituents is 1. The van der Waals surface area contributed by atoms with Crippen molar-refractivity contribution in [1.82, 2.24) is 10.3 Å². The maximum atomic E-state index is 12.2. The average molecular weight is 402 g/mol. The molecule has 25 heavy (non-hydrogen) atoms. The van der Waals surface area contributed by atoms with Crippen molar-refractivity contribution in [3.8, 4) is 17.6 Å². The first-order valence-electron chi connectivity index (χ1n) is 7.49. The summed E-state index contributed by atoms with van der Waals surface area (Å²) in [6.07, 6.45) is 4.72. The molecule has 0 fully saturated rings. The van der Waals surface area contributed by atoms with Crippen molar-refractivity contribution in [1.29, 1.82) is 5.26 Å². The lowest BCUT2D eigenvalue weighted by Crippen LogP contribution is -2.24. The average Bonchev–Trinajstić information content (AvgIpc) is 2.62. The Morgan fingerprint density at radius 1 is 1.52 bits per heavy atom. The van der Waals surface area contributed by atoms with Gasteiger partial charge < -0.3 is 15.2 Å². The molecule has 2 aromatic rings. The number of aromatic hydroxyl groups is 1. The van der Waals surface area contributed by atoms with Crippen LogP contribution in [0.25, 0.3) is 6.08 Å². The molecule has 2 rings (SSSR count). The third-order valence-corrected chi connectivity index (χ3v) is 3.91. The van der Waals surface area contributed by atoms with Crippen LogP contribution in [0, 0.1) is 11.3 Å². The molecule has 1 aromatic heterocycles. The summed E-state index contributed by atoms with van der Waals surface area (Å²) >= 11 is 3.31. The number of halogens is 1. The van der Waals surface area contributed by atoms with Crippen LogP contribution in [0.15, 0.2) is 46.7 Å². The molecule has 0 aliphatic carbocycles. The van der Waals surface area contributed by atoms with Crippen LogP contribution < -0.4 is 10.1 Å². The first-order valence-corrected chi connectivity index (χ1v) is 8.28. The van der Waals surface area contributed by atoms with Gasteiger partial charge in [0.1, 0.15) is 11.6 Å². The Morgan fingerprint density at radius 3 is 2.96 bits per heavy atom. The van der Waals surface area contributed by atoms with Crippen molar-refractivity contribution in [3.05, 3.63) is 57.8 Å². The van der Waals surface area contributed by atoms with E-state index in [9.17, 15) is 15.2 Å². The van der Waals surface area contributed by atoms with Crippen LogP contribution in [0.2, 0.25) is 0 Å². The molecular weight excluding hydrogens is 386 g/mol. The van der Waals surface area contributed by atoms with E-state index in [0.29, 0.717) is 16.6 Å². The van der Waals surface area contributed by atoms with Gasteiger partial charge in [0.2, 0.25) is 0 Å². The molecule has 6 nitrogen and oxygen atoms in total. The number of ether oxygens (including phenoxy) is 1. The summed E-state index contributed by atoms with van der Waals surface area (Å²) in [4.78, 5) is 16.2. The Bertz CT molecular complexity index is 829. The third-order valence-electron chi connectivity index (χ3n) is 3.22. The lowest BCUT2D eigenvalue weighted by Gasteiger charge is -2.09. The van der Waals surface area contributed by atoms with Gasteiger partial charge in [0.15, 0.2) is 11.5 Å². The first kappa shape index (κ1) is 18.5. The predicted molar refractivity (Wildman–Crippen MR) is 96.6 cm³/mol.